The van der Waals surface area contributed by atoms with Crippen molar-refractivity contribution in [1.82, 2.24) is 9.97 Å². The molecule has 2 aromatic rings. The van der Waals surface area contributed by atoms with Gasteiger partial charge < -0.3 is 4.98 Å². The lowest BCUT2D eigenvalue weighted by Gasteiger charge is -2.11. The normalized spacial score (nSPS) is 10.9. The molecule has 0 aliphatic carbocycles. The molecule has 0 amide bonds. The molecule has 1 N–H and O–H groups in total. The van der Waals surface area contributed by atoms with E-state index in [1.807, 2.05) is 13.8 Å². The molecule has 0 unspecified atom stereocenters. The van der Waals surface area contributed by atoms with Crippen molar-refractivity contribution in [3.63, 3.8) is 0 Å². The first-order chi connectivity index (χ1) is 8.52. The van der Waals surface area contributed by atoms with Crippen LogP contribution < -0.4 is 5.56 Å². The number of H-pyrrole nitrogens is 1. The zero-order valence-electron chi connectivity index (χ0n) is 10.00. The minimum atomic E-state index is -0.405. The highest BCUT2D eigenvalue weighted by molar-refractivity contribution is 9.10. The number of rotatable bonds is 2. The van der Waals surface area contributed by atoms with E-state index in [0.717, 1.165) is 0 Å². The largest absolute Gasteiger partial charge is 0.313 e. The smallest absolute Gasteiger partial charge is 0.254 e. The average Bonchev–Trinajstić information content (AvgIpc) is 2.32. The molecule has 3 nitrogen and oxygen atoms in total. The summed E-state index contributed by atoms with van der Waals surface area (Å²) in [5.74, 6) is -0.437. The molecule has 1 aromatic heterocycles. The molecule has 0 atom stereocenters. The monoisotopic (exact) mass is 310 g/mol. The van der Waals surface area contributed by atoms with Crippen LogP contribution >= 0.6 is 15.9 Å². The summed E-state index contributed by atoms with van der Waals surface area (Å²) in [6.45, 7) is 3.76. The van der Waals surface area contributed by atoms with Gasteiger partial charge >= 0.3 is 0 Å². The second-order valence-corrected chi connectivity index (χ2v) is 5.10. The number of hydrogen-bond acceptors (Lipinski definition) is 2. The van der Waals surface area contributed by atoms with Crippen LogP contribution in [-0.2, 0) is 0 Å². The number of benzene rings is 1. The second kappa shape index (κ2) is 5.02. The van der Waals surface area contributed by atoms with Gasteiger partial charge in [0.1, 0.15) is 5.82 Å². The molecular weight excluding hydrogens is 299 g/mol. The Kier molecular flexibility index (Phi) is 3.61. The fraction of sp³-hybridized carbons (Fsp3) is 0.231. The third kappa shape index (κ3) is 2.22. The Morgan fingerprint density at radius 1 is 1.39 bits per heavy atom. The van der Waals surface area contributed by atoms with E-state index < -0.39 is 5.82 Å². The molecule has 0 radical (unpaired) electrons. The second-order valence-electron chi connectivity index (χ2n) is 4.25. The van der Waals surface area contributed by atoms with E-state index in [1.54, 1.807) is 18.2 Å². The van der Waals surface area contributed by atoms with Gasteiger partial charge in [0.25, 0.3) is 5.56 Å². The molecule has 1 heterocycles. The number of aromatic nitrogens is 2. The van der Waals surface area contributed by atoms with Gasteiger partial charge in [-0.3, -0.25) is 4.79 Å². The first kappa shape index (κ1) is 13.0. The van der Waals surface area contributed by atoms with E-state index >= 15 is 0 Å². The summed E-state index contributed by atoms with van der Waals surface area (Å²) >= 11 is 3.13. The van der Waals surface area contributed by atoms with Gasteiger partial charge in [0.05, 0.1) is 16.5 Å². The molecule has 2 rings (SSSR count). The molecule has 5 heteroatoms. The molecular formula is C13H12BrFN2O. The van der Waals surface area contributed by atoms with Gasteiger partial charge in [0.15, 0.2) is 0 Å². The standard InChI is InChI=1S/C13H12BrFN2O/c1-7(2)10-12(16-6-17-13(10)18)8-4-3-5-9(14)11(8)15/h3-7H,1-2H3,(H,16,17,18). The lowest BCUT2D eigenvalue weighted by molar-refractivity contribution is 0.623. The third-order valence-electron chi connectivity index (χ3n) is 2.67. The van der Waals surface area contributed by atoms with Crippen molar-refractivity contribution in [2.45, 2.75) is 19.8 Å². The number of aromatic amines is 1. The van der Waals surface area contributed by atoms with Crippen molar-refractivity contribution in [2.24, 2.45) is 0 Å². The first-order valence-electron chi connectivity index (χ1n) is 5.54. The maximum absolute atomic E-state index is 14.1. The van der Waals surface area contributed by atoms with E-state index in [2.05, 4.69) is 25.9 Å². The van der Waals surface area contributed by atoms with Crippen LogP contribution in [0, 0.1) is 5.82 Å². The topological polar surface area (TPSA) is 45.8 Å². The van der Waals surface area contributed by atoms with Crippen LogP contribution in [0.1, 0.15) is 25.3 Å². The summed E-state index contributed by atoms with van der Waals surface area (Å²) in [6.07, 6.45) is 1.30. The average molecular weight is 311 g/mol. The fourth-order valence-electron chi connectivity index (χ4n) is 1.85. The Labute approximate surface area is 112 Å². The minimum absolute atomic E-state index is 0.0316. The summed E-state index contributed by atoms with van der Waals surface area (Å²) in [5, 5.41) is 0. The van der Waals surface area contributed by atoms with Gasteiger partial charge in [-0.05, 0) is 34.0 Å². The van der Waals surface area contributed by atoms with Crippen LogP contribution in [0.2, 0.25) is 0 Å². The van der Waals surface area contributed by atoms with Gasteiger partial charge in [0.2, 0.25) is 0 Å². The number of nitrogens with zero attached hydrogens (tertiary/aromatic N) is 1. The predicted octanol–water partition coefficient (Wildman–Crippen LogP) is 3.46. The lowest BCUT2D eigenvalue weighted by atomic mass is 9.98. The molecule has 0 aliphatic heterocycles. The van der Waals surface area contributed by atoms with Gasteiger partial charge in [0, 0.05) is 11.1 Å². The summed E-state index contributed by atoms with van der Waals surface area (Å²) < 4.78 is 14.4. The zero-order valence-corrected chi connectivity index (χ0v) is 11.6. The summed E-state index contributed by atoms with van der Waals surface area (Å²) in [5.41, 5.74) is 0.996. The van der Waals surface area contributed by atoms with E-state index in [1.165, 1.54) is 6.33 Å². The maximum Gasteiger partial charge on any atom is 0.254 e. The summed E-state index contributed by atoms with van der Waals surface area (Å²) in [7, 11) is 0. The fourth-order valence-corrected chi connectivity index (χ4v) is 2.21. The van der Waals surface area contributed by atoms with Gasteiger partial charge in [-0.2, -0.15) is 0 Å². The van der Waals surface area contributed by atoms with Gasteiger partial charge in [-0.15, -0.1) is 0 Å². The van der Waals surface area contributed by atoms with E-state index in [4.69, 9.17) is 0 Å². The van der Waals surface area contributed by atoms with E-state index in [-0.39, 0.29) is 11.5 Å². The third-order valence-corrected chi connectivity index (χ3v) is 3.29. The minimum Gasteiger partial charge on any atom is -0.313 e. The van der Waals surface area contributed by atoms with Crippen molar-refractivity contribution in [3.8, 4) is 11.3 Å². The quantitative estimate of drug-likeness (QED) is 0.923. The highest BCUT2D eigenvalue weighted by atomic mass is 79.9. The molecule has 0 saturated heterocycles. The van der Waals surface area contributed by atoms with Crippen molar-refractivity contribution in [2.75, 3.05) is 0 Å². The predicted molar refractivity (Wildman–Crippen MR) is 72.0 cm³/mol. The molecule has 1 aromatic carbocycles. The Hall–Kier alpha value is -1.49. The molecule has 0 spiro atoms. The van der Waals surface area contributed by atoms with Crippen LogP contribution in [0.25, 0.3) is 11.3 Å². The Morgan fingerprint density at radius 3 is 2.78 bits per heavy atom. The maximum atomic E-state index is 14.1. The number of halogens is 2. The van der Waals surface area contributed by atoms with Crippen LogP contribution in [0.3, 0.4) is 0 Å². The highest BCUT2D eigenvalue weighted by Crippen LogP contribution is 2.29. The molecule has 0 fully saturated rings. The number of hydrogen-bond donors (Lipinski definition) is 1. The van der Waals surface area contributed by atoms with Crippen molar-refractivity contribution in [1.29, 1.82) is 0 Å². The Balaban J connectivity index is 2.76. The Morgan fingerprint density at radius 2 is 2.11 bits per heavy atom. The van der Waals surface area contributed by atoms with Crippen LogP contribution in [0.4, 0.5) is 4.39 Å². The highest BCUT2D eigenvalue weighted by Gasteiger charge is 2.17. The van der Waals surface area contributed by atoms with Crippen LogP contribution in [-0.4, -0.2) is 9.97 Å². The summed E-state index contributed by atoms with van der Waals surface area (Å²) in [4.78, 5) is 18.5. The molecule has 94 valence electrons. The lowest BCUT2D eigenvalue weighted by Crippen LogP contribution is -2.16. The first-order valence-corrected chi connectivity index (χ1v) is 6.33. The van der Waals surface area contributed by atoms with E-state index in [9.17, 15) is 9.18 Å². The summed E-state index contributed by atoms with van der Waals surface area (Å²) in [6, 6.07) is 4.95. The number of nitrogens with one attached hydrogen (secondary N) is 1. The van der Waals surface area contributed by atoms with Crippen LogP contribution in [0.5, 0.6) is 0 Å². The van der Waals surface area contributed by atoms with Gasteiger partial charge in [-0.1, -0.05) is 19.9 Å². The van der Waals surface area contributed by atoms with Crippen molar-refractivity contribution in [3.05, 3.63) is 50.7 Å². The van der Waals surface area contributed by atoms with Gasteiger partial charge in [-0.25, -0.2) is 9.37 Å². The van der Waals surface area contributed by atoms with E-state index in [0.29, 0.717) is 21.3 Å². The van der Waals surface area contributed by atoms with Crippen molar-refractivity contribution < 1.29 is 4.39 Å². The zero-order chi connectivity index (χ0) is 13.3. The molecule has 0 saturated carbocycles. The SMILES string of the molecule is CC(C)c1c(-c2cccc(Br)c2F)nc[nH]c1=O. The van der Waals surface area contributed by atoms with Crippen LogP contribution in [0.15, 0.2) is 33.8 Å². The molecule has 18 heavy (non-hydrogen) atoms. The molecule has 0 bridgehead atoms. The molecule has 0 aliphatic rings. The Bertz CT molecular complexity index is 637. The van der Waals surface area contributed by atoms with Crippen molar-refractivity contribution >= 4 is 15.9 Å².